The first kappa shape index (κ1) is 18.5. The molecule has 0 radical (unpaired) electrons. The standard InChI is InChI=1S/C20H27N3O3S/c1-14-6-9-16(10-7-14)21-20(24)15-8-11-17-18(13-15)27(25,26)22-19-5-3-2-4-12-23(17)19/h8,11,13-14,16H,2-7,9-10,12H2,1H3,(H,21,24). The maximum absolute atomic E-state index is 12.7. The van der Waals surface area contributed by atoms with Crippen LogP contribution in [0.2, 0.25) is 0 Å². The molecule has 1 saturated carbocycles. The third-order valence-corrected chi connectivity index (χ3v) is 7.29. The van der Waals surface area contributed by atoms with Crippen molar-refractivity contribution in [3.63, 3.8) is 0 Å². The average Bonchev–Trinajstić information content (AvgIpc) is 2.88. The predicted octanol–water partition coefficient (Wildman–Crippen LogP) is 3.48. The summed E-state index contributed by atoms with van der Waals surface area (Å²) >= 11 is 0. The van der Waals surface area contributed by atoms with Crippen LogP contribution in [0.3, 0.4) is 0 Å². The maximum atomic E-state index is 12.7. The summed E-state index contributed by atoms with van der Waals surface area (Å²) in [6.45, 7) is 3.01. The van der Waals surface area contributed by atoms with Gasteiger partial charge in [-0.05, 0) is 62.6 Å². The predicted molar refractivity (Wildman–Crippen MR) is 106 cm³/mol. The summed E-state index contributed by atoms with van der Waals surface area (Å²) in [4.78, 5) is 14.8. The van der Waals surface area contributed by atoms with Crippen LogP contribution in [0.5, 0.6) is 0 Å². The van der Waals surface area contributed by atoms with Gasteiger partial charge in [0.2, 0.25) is 0 Å². The quantitative estimate of drug-likeness (QED) is 0.840. The second-order valence-corrected chi connectivity index (χ2v) is 9.63. The molecule has 1 aromatic rings. The summed E-state index contributed by atoms with van der Waals surface area (Å²) in [6.07, 6.45) is 7.94. The van der Waals surface area contributed by atoms with E-state index in [2.05, 4.69) is 16.6 Å². The van der Waals surface area contributed by atoms with Gasteiger partial charge >= 0.3 is 0 Å². The number of amidine groups is 1. The topological polar surface area (TPSA) is 78.8 Å². The minimum absolute atomic E-state index is 0.151. The smallest absolute Gasteiger partial charge is 0.286 e. The Bertz CT molecular complexity index is 870. The molecule has 1 amide bonds. The zero-order valence-corrected chi connectivity index (χ0v) is 16.6. The van der Waals surface area contributed by atoms with Crippen molar-refractivity contribution in [3.05, 3.63) is 23.8 Å². The van der Waals surface area contributed by atoms with Crippen molar-refractivity contribution >= 4 is 27.5 Å². The Balaban J connectivity index is 1.59. The van der Waals surface area contributed by atoms with Crippen LogP contribution in [0, 0.1) is 5.92 Å². The number of nitrogens with one attached hydrogen (secondary N) is 1. The van der Waals surface area contributed by atoms with E-state index in [9.17, 15) is 13.2 Å². The number of anilines is 1. The maximum Gasteiger partial charge on any atom is 0.286 e. The largest absolute Gasteiger partial charge is 0.349 e. The number of carbonyl (C=O) groups is 1. The second kappa shape index (κ2) is 7.26. The Morgan fingerprint density at radius 2 is 1.93 bits per heavy atom. The highest BCUT2D eigenvalue weighted by Crippen LogP contribution is 2.35. The fraction of sp³-hybridized carbons (Fsp3) is 0.600. The number of rotatable bonds is 2. The minimum Gasteiger partial charge on any atom is -0.349 e. The summed E-state index contributed by atoms with van der Waals surface area (Å²) in [7, 11) is -3.76. The number of hydrogen-bond donors (Lipinski definition) is 1. The number of carbonyl (C=O) groups excluding carboxylic acids is 1. The van der Waals surface area contributed by atoms with Crippen LogP contribution >= 0.6 is 0 Å². The first-order valence-corrected chi connectivity index (χ1v) is 11.4. The van der Waals surface area contributed by atoms with Crippen molar-refractivity contribution in [3.8, 4) is 0 Å². The summed E-state index contributed by atoms with van der Waals surface area (Å²) in [6, 6.07) is 5.18. The van der Waals surface area contributed by atoms with E-state index >= 15 is 0 Å². The molecule has 146 valence electrons. The number of nitrogens with zero attached hydrogens (tertiary/aromatic N) is 2. The number of fused-ring (bicyclic) bond motifs is 3. The van der Waals surface area contributed by atoms with Crippen molar-refractivity contribution in [2.24, 2.45) is 10.3 Å². The highest BCUT2D eigenvalue weighted by atomic mass is 32.2. The van der Waals surface area contributed by atoms with Crippen molar-refractivity contribution in [1.29, 1.82) is 0 Å². The Labute approximate surface area is 161 Å². The van der Waals surface area contributed by atoms with E-state index in [1.807, 2.05) is 4.90 Å². The van der Waals surface area contributed by atoms with Gasteiger partial charge in [-0.15, -0.1) is 4.40 Å². The first-order valence-electron chi connectivity index (χ1n) is 10.0. The van der Waals surface area contributed by atoms with Crippen LogP contribution in [-0.2, 0) is 10.0 Å². The monoisotopic (exact) mass is 389 g/mol. The van der Waals surface area contributed by atoms with Crippen molar-refractivity contribution in [2.45, 2.75) is 69.2 Å². The SMILES string of the molecule is CC1CCC(NC(=O)c2ccc3c(c2)S(=O)(=O)N=C2CCCCCN23)CC1. The van der Waals surface area contributed by atoms with E-state index < -0.39 is 10.0 Å². The molecule has 1 aliphatic carbocycles. The van der Waals surface area contributed by atoms with Gasteiger partial charge in [-0.3, -0.25) is 4.79 Å². The average molecular weight is 390 g/mol. The number of sulfonamides is 1. The Hall–Kier alpha value is -1.89. The van der Waals surface area contributed by atoms with Crippen LogP contribution in [-0.4, -0.2) is 32.7 Å². The molecule has 2 fully saturated rings. The minimum atomic E-state index is -3.76. The molecule has 2 heterocycles. The molecule has 27 heavy (non-hydrogen) atoms. The molecule has 0 aromatic heterocycles. The van der Waals surface area contributed by atoms with Crippen LogP contribution < -0.4 is 10.2 Å². The van der Waals surface area contributed by atoms with Gasteiger partial charge in [0.05, 0.1) is 5.69 Å². The Morgan fingerprint density at radius 3 is 2.70 bits per heavy atom. The molecule has 2 aliphatic heterocycles. The summed E-state index contributed by atoms with van der Waals surface area (Å²) in [5.41, 5.74) is 1.05. The lowest BCUT2D eigenvalue weighted by molar-refractivity contribution is 0.0923. The van der Waals surface area contributed by atoms with Gasteiger partial charge in [-0.25, -0.2) is 0 Å². The highest BCUT2D eigenvalue weighted by molar-refractivity contribution is 7.90. The Morgan fingerprint density at radius 1 is 1.15 bits per heavy atom. The van der Waals surface area contributed by atoms with Crippen molar-refractivity contribution in [2.75, 3.05) is 11.4 Å². The molecule has 7 heteroatoms. The molecule has 1 aromatic carbocycles. The van der Waals surface area contributed by atoms with Crippen LogP contribution in [0.15, 0.2) is 27.5 Å². The van der Waals surface area contributed by atoms with Gasteiger partial charge in [0.1, 0.15) is 10.7 Å². The molecule has 1 N–H and O–H groups in total. The lowest BCUT2D eigenvalue weighted by atomic mass is 9.87. The lowest BCUT2D eigenvalue weighted by Gasteiger charge is -2.30. The molecule has 3 aliphatic rings. The van der Waals surface area contributed by atoms with E-state index in [-0.39, 0.29) is 16.8 Å². The summed E-state index contributed by atoms with van der Waals surface area (Å²) in [5.74, 6) is 1.15. The third-order valence-electron chi connectivity index (χ3n) is 5.96. The van der Waals surface area contributed by atoms with Gasteiger partial charge in [0.25, 0.3) is 15.9 Å². The number of benzene rings is 1. The molecular weight excluding hydrogens is 362 g/mol. The van der Waals surface area contributed by atoms with Crippen LogP contribution in [0.4, 0.5) is 5.69 Å². The molecule has 1 saturated heterocycles. The zero-order valence-electron chi connectivity index (χ0n) is 15.8. The van der Waals surface area contributed by atoms with Gasteiger partial charge in [-0.1, -0.05) is 13.3 Å². The molecule has 0 spiro atoms. The molecular formula is C20H27N3O3S. The van der Waals surface area contributed by atoms with Gasteiger partial charge in [0, 0.05) is 24.6 Å². The second-order valence-electron chi connectivity index (χ2n) is 8.06. The first-order chi connectivity index (χ1) is 12.9. The number of amides is 1. The van der Waals surface area contributed by atoms with Gasteiger partial charge in [-0.2, -0.15) is 8.42 Å². The van der Waals surface area contributed by atoms with E-state index in [4.69, 9.17) is 0 Å². The Kier molecular flexibility index (Phi) is 4.97. The molecule has 0 atom stereocenters. The van der Waals surface area contributed by atoms with Gasteiger partial charge < -0.3 is 10.2 Å². The van der Waals surface area contributed by atoms with Crippen molar-refractivity contribution < 1.29 is 13.2 Å². The number of hydrogen-bond acceptors (Lipinski definition) is 4. The fourth-order valence-electron chi connectivity index (χ4n) is 4.29. The van der Waals surface area contributed by atoms with Crippen molar-refractivity contribution in [1.82, 2.24) is 5.32 Å². The van der Waals surface area contributed by atoms with E-state index in [0.717, 1.165) is 51.5 Å². The third kappa shape index (κ3) is 3.74. The lowest BCUT2D eigenvalue weighted by Crippen LogP contribution is -2.38. The van der Waals surface area contributed by atoms with Crippen LogP contribution in [0.25, 0.3) is 0 Å². The summed E-state index contributed by atoms with van der Waals surface area (Å²) < 4.78 is 29.4. The van der Waals surface area contributed by atoms with Crippen LogP contribution in [0.1, 0.15) is 68.6 Å². The summed E-state index contributed by atoms with van der Waals surface area (Å²) in [5, 5.41) is 3.07. The van der Waals surface area contributed by atoms with E-state index in [1.54, 1.807) is 12.1 Å². The molecule has 4 rings (SSSR count). The molecule has 6 nitrogen and oxygen atoms in total. The fourth-order valence-corrected chi connectivity index (χ4v) is 5.58. The molecule has 0 unspecified atom stereocenters. The van der Waals surface area contributed by atoms with Gasteiger partial charge in [0.15, 0.2) is 0 Å². The zero-order chi connectivity index (χ0) is 19.0. The van der Waals surface area contributed by atoms with E-state index in [0.29, 0.717) is 29.4 Å². The molecule has 0 bridgehead atoms. The normalized spacial score (nSPS) is 27.0. The highest BCUT2D eigenvalue weighted by Gasteiger charge is 2.32. The van der Waals surface area contributed by atoms with E-state index in [1.165, 1.54) is 6.07 Å².